The highest BCUT2D eigenvalue weighted by atomic mass is 16.7. The molecule has 0 unspecified atom stereocenters. The van der Waals surface area contributed by atoms with Crippen LogP contribution < -0.4 is 5.48 Å². The molecule has 0 saturated heterocycles. The van der Waals surface area contributed by atoms with E-state index in [2.05, 4.69) is 16.5 Å². The lowest BCUT2D eigenvalue weighted by Gasteiger charge is -2.04. The zero-order valence-corrected chi connectivity index (χ0v) is 10.1. The van der Waals surface area contributed by atoms with Gasteiger partial charge in [0, 0.05) is 6.42 Å². The van der Waals surface area contributed by atoms with Gasteiger partial charge in [-0.25, -0.2) is 9.59 Å². The van der Waals surface area contributed by atoms with Gasteiger partial charge in [0.2, 0.25) is 0 Å². The Kier molecular flexibility index (Phi) is 9.46. The Morgan fingerprint density at radius 3 is 2.31 bits per heavy atom. The van der Waals surface area contributed by atoms with Crippen molar-refractivity contribution in [1.82, 2.24) is 5.48 Å². The molecule has 0 fully saturated rings. The molecule has 0 rings (SSSR count). The third-order valence-electron chi connectivity index (χ3n) is 2.17. The SMILES string of the molecule is CCCCCCCCC(=O)ONC(=O)OC. The lowest BCUT2D eigenvalue weighted by Crippen LogP contribution is -2.26. The van der Waals surface area contributed by atoms with Crippen molar-refractivity contribution in [2.24, 2.45) is 0 Å². The normalized spacial score (nSPS) is 9.62. The van der Waals surface area contributed by atoms with Crippen LogP contribution in [-0.2, 0) is 14.4 Å². The van der Waals surface area contributed by atoms with Gasteiger partial charge in [-0.1, -0.05) is 39.0 Å². The first kappa shape index (κ1) is 14.7. The van der Waals surface area contributed by atoms with Crippen LogP contribution in [0, 0.1) is 0 Å². The molecule has 0 heterocycles. The summed E-state index contributed by atoms with van der Waals surface area (Å²) in [5.74, 6) is -0.430. The molecule has 0 atom stereocenters. The minimum absolute atomic E-state index is 0.329. The monoisotopic (exact) mass is 231 g/mol. The van der Waals surface area contributed by atoms with Crippen LogP contribution in [0.1, 0.15) is 51.9 Å². The van der Waals surface area contributed by atoms with Crippen LogP contribution in [0.15, 0.2) is 0 Å². The standard InChI is InChI=1S/C11H21NO4/c1-3-4-5-6-7-8-9-10(13)16-12-11(14)15-2/h3-9H2,1-2H3,(H,12,14). The number of rotatable bonds is 7. The second kappa shape index (κ2) is 10.3. The number of hydrogen-bond acceptors (Lipinski definition) is 4. The Balaban J connectivity index is 3.27. The summed E-state index contributed by atoms with van der Waals surface area (Å²) < 4.78 is 4.24. The van der Waals surface area contributed by atoms with E-state index >= 15 is 0 Å². The summed E-state index contributed by atoms with van der Waals surface area (Å²) in [6.45, 7) is 2.16. The molecule has 0 spiro atoms. The van der Waals surface area contributed by atoms with Crippen LogP contribution in [0.4, 0.5) is 4.79 Å². The van der Waals surface area contributed by atoms with E-state index in [0.29, 0.717) is 6.42 Å². The van der Waals surface area contributed by atoms with Gasteiger partial charge in [-0.3, -0.25) is 0 Å². The van der Waals surface area contributed by atoms with Gasteiger partial charge >= 0.3 is 12.1 Å². The number of amides is 1. The van der Waals surface area contributed by atoms with Crippen molar-refractivity contribution >= 4 is 12.1 Å². The van der Waals surface area contributed by atoms with Crippen LogP contribution in [0.2, 0.25) is 0 Å². The van der Waals surface area contributed by atoms with Crippen LogP contribution in [0.25, 0.3) is 0 Å². The molecular weight excluding hydrogens is 210 g/mol. The maximum atomic E-state index is 11.1. The average molecular weight is 231 g/mol. The Morgan fingerprint density at radius 2 is 1.69 bits per heavy atom. The molecule has 0 saturated carbocycles. The summed E-state index contributed by atoms with van der Waals surface area (Å²) in [5.41, 5.74) is 1.88. The fourth-order valence-electron chi connectivity index (χ4n) is 1.24. The van der Waals surface area contributed by atoms with Gasteiger partial charge < -0.3 is 9.57 Å². The molecule has 0 aromatic carbocycles. The Hall–Kier alpha value is -1.26. The number of nitrogens with one attached hydrogen (secondary N) is 1. The van der Waals surface area contributed by atoms with E-state index in [0.717, 1.165) is 19.3 Å². The first-order valence-corrected chi connectivity index (χ1v) is 5.74. The number of unbranched alkanes of at least 4 members (excludes halogenated alkanes) is 5. The van der Waals surface area contributed by atoms with Crippen LogP contribution >= 0.6 is 0 Å². The topological polar surface area (TPSA) is 64.6 Å². The largest absolute Gasteiger partial charge is 0.451 e. The molecule has 1 N–H and O–H groups in total. The molecule has 0 bridgehead atoms. The molecular formula is C11H21NO4. The molecule has 0 aliphatic rings. The second-order valence-corrected chi connectivity index (χ2v) is 3.59. The maximum absolute atomic E-state index is 11.1. The molecule has 0 aliphatic carbocycles. The molecule has 0 aliphatic heterocycles. The second-order valence-electron chi connectivity index (χ2n) is 3.59. The summed E-state index contributed by atoms with van der Waals surface area (Å²) in [4.78, 5) is 26.1. The fourth-order valence-corrected chi connectivity index (χ4v) is 1.24. The van der Waals surface area contributed by atoms with Crippen molar-refractivity contribution in [1.29, 1.82) is 0 Å². The number of carbonyl (C=O) groups is 2. The molecule has 0 radical (unpaired) electrons. The van der Waals surface area contributed by atoms with Crippen molar-refractivity contribution < 1.29 is 19.2 Å². The molecule has 94 valence electrons. The number of hydroxylamine groups is 1. The van der Waals surface area contributed by atoms with Crippen molar-refractivity contribution in [3.8, 4) is 0 Å². The lowest BCUT2D eigenvalue weighted by molar-refractivity contribution is -0.149. The van der Waals surface area contributed by atoms with E-state index in [-0.39, 0.29) is 0 Å². The van der Waals surface area contributed by atoms with Crippen molar-refractivity contribution in [3.05, 3.63) is 0 Å². The Bertz CT molecular complexity index is 206. The minimum Gasteiger partial charge on any atom is -0.451 e. The van der Waals surface area contributed by atoms with E-state index in [1.54, 1.807) is 0 Å². The van der Waals surface area contributed by atoms with E-state index in [1.807, 2.05) is 5.48 Å². The van der Waals surface area contributed by atoms with Crippen molar-refractivity contribution in [2.75, 3.05) is 7.11 Å². The summed E-state index contributed by atoms with van der Waals surface area (Å²) in [6, 6.07) is 0. The number of hydrogen-bond donors (Lipinski definition) is 1. The van der Waals surface area contributed by atoms with Gasteiger partial charge in [-0.2, -0.15) is 0 Å². The molecule has 5 nitrogen and oxygen atoms in total. The van der Waals surface area contributed by atoms with E-state index < -0.39 is 12.1 Å². The highest BCUT2D eigenvalue weighted by Crippen LogP contribution is 2.07. The minimum atomic E-state index is -0.767. The first-order chi connectivity index (χ1) is 7.70. The van der Waals surface area contributed by atoms with Gasteiger partial charge in [0.25, 0.3) is 0 Å². The van der Waals surface area contributed by atoms with Gasteiger partial charge in [0.05, 0.1) is 7.11 Å². The van der Waals surface area contributed by atoms with Crippen LogP contribution in [0.5, 0.6) is 0 Å². The summed E-state index contributed by atoms with van der Waals surface area (Å²) in [7, 11) is 1.21. The number of carbonyl (C=O) groups excluding carboxylic acids is 2. The smallest absolute Gasteiger partial charge is 0.440 e. The summed E-state index contributed by atoms with van der Waals surface area (Å²) in [6.07, 6.45) is 6.20. The van der Waals surface area contributed by atoms with Gasteiger partial charge in [-0.05, 0) is 6.42 Å². The fraction of sp³-hybridized carbons (Fsp3) is 0.818. The highest BCUT2D eigenvalue weighted by molar-refractivity contribution is 5.72. The Morgan fingerprint density at radius 1 is 1.06 bits per heavy atom. The van der Waals surface area contributed by atoms with Crippen LogP contribution in [-0.4, -0.2) is 19.2 Å². The van der Waals surface area contributed by atoms with Crippen molar-refractivity contribution in [2.45, 2.75) is 51.9 Å². The predicted octanol–water partition coefficient (Wildman–Crippen LogP) is 2.55. The maximum Gasteiger partial charge on any atom is 0.440 e. The van der Waals surface area contributed by atoms with E-state index in [1.165, 1.54) is 26.4 Å². The third-order valence-corrected chi connectivity index (χ3v) is 2.17. The van der Waals surface area contributed by atoms with Crippen molar-refractivity contribution in [3.63, 3.8) is 0 Å². The summed E-state index contributed by atoms with van der Waals surface area (Å²) >= 11 is 0. The quantitative estimate of drug-likeness (QED) is 0.540. The van der Waals surface area contributed by atoms with Gasteiger partial charge in [0.1, 0.15) is 0 Å². The molecule has 0 aromatic heterocycles. The first-order valence-electron chi connectivity index (χ1n) is 5.74. The zero-order chi connectivity index (χ0) is 12.2. The third kappa shape index (κ3) is 9.30. The molecule has 1 amide bonds. The molecule has 0 aromatic rings. The summed E-state index contributed by atoms with van der Waals surface area (Å²) in [5, 5.41) is 0. The van der Waals surface area contributed by atoms with Crippen LogP contribution in [0.3, 0.4) is 0 Å². The molecule has 16 heavy (non-hydrogen) atoms. The predicted molar refractivity (Wildman–Crippen MR) is 59.6 cm³/mol. The van der Waals surface area contributed by atoms with Gasteiger partial charge in [0.15, 0.2) is 0 Å². The average Bonchev–Trinajstić information content (AvgIpc) is 2.30. The molecule has 5 heteroatoms. The lowest BCUT2D eigenvalue weighted by atomic mass is 10.1. The van der Waals surface area contributed by atoms with Gasteiger partial charge in [-0.15, -0.1) is 5.48 Å². The van der Waals surface area contributed by atoms with E-state index in [9.17, 15) is 9.59 Å². The highest BCUT2D eigenvalue weighted by Gasteiger charge is 2.05. The number of methoxy groups -OCH3 is 1. The zero-order valence-electron chi connectivity index (χ0n) is 10.1. The Labute approximate surface area is 96.4 Å². The number of ether oxygens (including phenoxy) is 1. The van der Waals surface area contributed by atoms with E-state index in [4.69, 9.17) is 0 Å².